The molecule has 2 rings (SSSR count). The molecule has 2 aromatic carbocycles. The molecule has 5 nitrogen and oxygen atoms in total. The predicted octanol–water partition coefficient (Wildman–Crippen LogP) is 2.63. The Kier molecular flexibility index (Phi) is 3.95. The minimum absolute atomic E-state index is 0.0675. The fourth-order valence-electron chi connectivity index (χ4n) is 1.78. The SMILES string of the molecule is Cc1cccc(S(=O)(=O)Nc2c(F)cccc2C(=O)O)c1. The van der Waals surface area contributed by atoms with E-state index in [0.717, 1.165) is 12.1 Å². The molecule has 2 aromatic rings. The Morgan fingerprint density at radius 1 is 1.19 bits per heavy atom. The fraction of sp³-hybridized carbons (Fsp3) is 0.0714. The molecule has 0 aliphatic rings. The highest BCUT2D eigenvalue weighted by Gasteiger charge is 2.21. The second-order valence-electron chi connectivity index (χ2n) is 4.39. The maximum Gasteiger partial charge on any atom is 0.337 e. The maximum absolute atomic E-state index is 13.7. The highest BCUT2D eigenvalue weighted by molar-refractivity contribution is 7.92. The Hall–Kier alpha value is -2.41. The van der Waals surface area contributed by atoms with Crippen LogP contribution in [-0.4, -0.2) is 19.5 Å². The van der Waals surface area contributed by atoms with Gasteiger partial charge in [0, 0.05) is 0 Å². The quantitative estimate of drug-likeness (QED) is 0.909. The third kappa shape index (κ3) is 3.19. The Balaban J connectivity index is 2.49. The van der Waals surface area contributed by atoms with Gasteiger partial charge in [0.2, 0.25) is 0 Å². The number of carboxylic acids is 1. The van der Waals surface area contributed by atoms with Crippen LogP contribution in [0.25, 0.3) is 0 Å². The molecule has 0 unspecified atom stereocenters. The minimum atomic E-state index is -4.07. The molecular weight excluding hydrogens is 297 g/mol. The first-order valence-corrected chi connectivity index (χ1v) is 7.41. The smallest absolute Gasteiger partial charge is 0.337 e. The van der Waals surface area contributed by atoms with Crippen LogP contribution in [0.3, 0.4) is 0 Å². The van der Waals surface area contributed by atoms with Crippen LogP contribution in [0.5, 0.6) is 0 Å². The van der Waals surface area contributed by atoms with Crippen LogP contribution in [0.1, 0.15) is 15.9 Å². The van der Waals surface area contributed by atoms with Crippen LogP contribution >= 0.6 is 0 Å². The van der Waals surface area contributed by atoms with Gasteiger partial charge in [0.15, 0.2) is 0 Å². The van der Waals surface area contributed by atoms with Crippen LogP contribution in [0.4, 0.5) is 10.1 Å². The summed E-state index contributed by atoms with van der Waals surface area (Å²) in [7, 11) is -4.07. The van der Waals surface area contributed by atoms with E-state index in [1.807, 2.05) is 4.72 Å². The summed E-state index contributed by atoms with van der Waals surface area (Å²) in [6.45, 7) is 1.71. The molecule has 0 aromatic heterocycles. The number of anilines is 1. The zero-order valence-corrected chi connectivity index (χ0v) is 11.8. The van der Waals surface area contributed by atoms with E-state index in [9.17, 15) is 17.6 Å². The standard InChI is InChI=1S/C14H12FNO4S/c1-9-4-2-5-10(8-9)21(19,20)16-13-11(14(17)18)6-3-7-12(13)15/h2-8,16H,1H3,(H,17,18). The Labute approximate surface area is 121 Å². The molecule has 0 saturated carbocycles. The van der Waals surface area contributed by atoms with Crippen LogP contribution < -0.4 is 4.72 Å². The Morgan fingerprint density at radius 3 is 2.48 bits per heavy atom. The summed E-state index contributed by atoms with van der Waals surface area (Å²) >= 11 is 0. The normalized spacial score (nSPS) is 11.1. The Morgan fingerprint density at radius 2 is 1.86 bits per heavy atom. The number of carbonyl (C=O) groups is 1. The van der Waals surface area contributed by atoms with E-state index >= 15 is 0 Å². The number of aryl methyl sites for hydroxylation is 1. The van der Waals surface area contributed by atoms with Gasteiger partial charge >= 0.3 is 5.97 Å². The molecule has 0 amide bonds. The lowest BCUT2D eigenvalue weighted by Crippen LogP contribution is -2.17. The number of halogens is 1. The van der Waals surface area contributed by atoms with Crippen molar-refractivity contribution in [3.8, 4) is 0 Å². The van der Waals surface area contributed by atoms with Crippen molar-refractivity contribution in [3.63, 3.8) is 0 Å². The van der Waals surface area contributed by atoms with Gasteiger partial charge in [-0.2, -0.15) is 0 Å². The number of para-hydroxylation sites is 1. The summed E-state index contributed by atoms with van der Waals surface area (Å²) in [5.41, 5.74) is -0.317. The van der Waals surface area contributed by atoms with Gasteiger partial charge in [-0.3, -0.25) is 4.72 Å². The van der Waals surface area contributed by atoms with E-state index < -0.39 is 33.1 Å². The number of hydrogen-bond acceptors (Lipinski definition) is 3. The minimum Gasteiger partial charge on any atom is -0.478 e. The molecule has 0 saturated heterocycles. The molecular formula is C14H12FNO4S. The van der Waals surface area contributed by atoms with Gasteiger partial charge in [0.25, 0.3) is 10.0 Å². The lowest BCUT2D eigenvalue weighted by Gasteiger charge is -2.11. The van der Waals surface area contributed by atoms with E-state index in [4.69, 9.17) is 5.11 Å². The molecule has 0 spiro atoms. The van der Waals surface area contributed by atoms with E-state index in [2.05, 4.69) is 0 Å². The third-order valence-electron chi connectivity index (χ3n) is 2.78. The first-order chi connectivity index (χ1) is 9.81. The van der Waals surface area contributed by atoms with Gasteiger partial charge in [0.1, 0.15) is 5.82 Å². The molecule has 21 heavy (non-hydrogen) atoms. The van der Waals surface area contributed by atoms with Crippen LogP contribution in [0.2, 0.25) is 0 Å². The summed E-state index contributed by atoms with van der Waals surface area (Å²) in [6, 6.07) is 9.32. The average Bonchev–Trinajstić information content (AvgIpc) is 2.40. The number of hydrogen-bond donors (Lipinski definition) is 2. The van der Waals surface area contributed by atoms with Gasteiger partial charge in [0.05, 0.1) is 16.1 Å². The summed E-state index contributed by atoms with van der Waals surface area (Å²) in [5, 5.41) is 9.00. The molecule has 110 valence electrons. The molecule has 0 aliphatic heterocycles. The summed E-state index contributed by atoms with van der Waals surface area (Å²) in [6.07, 6.45) is 0. The first kappa shape index (κ1) is 15.0. The zero-order valence-electron chi connectivity index (χ0n) is 11.0. The topological polar surface area (TPSA) is 83.5 Å². The third-order valence-corrected chi connectivity index (χ3v) is 4.13. The molecule has 0 radical (unpaired) electrons. The maximum atomic E-state index is 13.7. The van der Waals surface area contributed by atoms with Gasteiger partial charge < -0.3 is 5.11 Å². The van der Waals surface area contributed by atoms with E-state index in [1.54, 1.807) is 19.1 Å². The first-order valence-electron chi connectivity index (χ1n) is 5.92. The monoisotopic (exact) mass is 309 g/mol. The average molecular weight is 309 g/mol. The van der Waals surface area contributed by atoms with Crippen molar-refractivity contribution in [3.05, 3.63) is 59.4 Å². The highest BCUT2D eigenvalue weighted by atomic mass is 32.2. The van der Waals surface area contributed by atoms with E-state index in [-0.39, 0.29) is 4.90 Å². The van der Waals surface area contributed by atoms with Crippen LogP contribution in [0, 0.1) is 12.7 Å². The zero-order chi connectivity index (χ0) is 15.6. The van der Waals surface area contributed by atoms with Crippen molar-refractivity contribution in [1.82, 2.24) is 0 Å². The second-order valence-corrected chi connectivity index (χ2v) is 6.07. The number of sulfonamides is 1. The van der Waals surface area contributed by atoms with Crippen molar-refractivity contribution in [2.24, 2.45) is 0 Å². The Bertz CT molecular complexity index is 802. The van der Waals surface area contributed by atoms with E-state index in [0.29, 0.717) is 5.56 Å². The number of rotatable bonds is 4. The van der Waals surface area contributed by atoms with Crippen molar-refractivity contribution < 1.29 is 22.7 Å². The van der Waals surface area contributed by atoms with Crippen molar-refractivity contribution in [2.45, 2.75) is 11.8 Å². The second kappa shape index (κ2) is 5.53. The molecule has 7 heteroatoms. The molecule has 0 atom stereocenters. The number of aromatic carboxylic acids is 1. The number of carboxylic acid groups (broad SMARTS) is 1. The molecule has 0 bridgehead atoms. The van der Waals surface area contributed by atoms with Crippen LogP contribution in [-0.2, 0) is 10.0 Å². The molecule has 0 heterocycles. The summed E-state index contributed by atoms with van der Waals surface area (Å²) < 4.78 is 40.2. The molecule has 0 fully saturated rings. The number of benzene rings is 2. The van der Waals surface area contributed by atoms with Gasteiger partial charge in [-0.15, -0.1) is 0 Å². The number of nitrogens with one attached hydrogen (secondary N) is 1. The predicted molar refractivity (Wildman–Crippen MR) is 75.3 cm³/mol. The van der Waals surface area contributed by atoms with Crippen molar-refractivity contribution in [1.29, 1.82) is 0 Å². The summed E-state index contributed by atoms with van der Waals surface area (Å²) in [4.78, 5) is 11.0. The largest absolute Gasteiger partial charge is 0.478 e. The summed E-state index contributed by atoms with van der Waals surface area (Å²) in [5.74, 6) is -2.37. The van der Waals surface area contributed by atoms with Crippen molar-refractivity contribution >= 4 is 21.7 Å². The van der Waals surface area contributed by atoms with Gasteiger partial charge in [-0.25, -0.2) is 17.6 Å². The lowest BCUT2D eigenvalue weighted by atomic mass is 10.2. The van der Waals surface area contributed by atoms with Gasteiger partial charge in [-0.1, -0.05) is 18.2 Å². The van der Waals surface area contributed by atoms with Crippen molar-refractivity contribution in [2.75, 3.05) is 4.72 Å². The van der Waals surface area contributed by atoms with Gasteiger partial charge in [-0.05, 0) is 36.8 Å². The fourth-order valence-corrected chi connectivity index (χ4v) is 2.97. The van der Waals surface area contributed by atoms with E-state index in [1.165, 1.54) is 18.2 Å². The molecule has 0 aliphatic carbocycles. The van der Waals surface area contributed by atoms with Crippen LogP contribution in [0.15, 0.2) is 47.4 Å². The highest BCUT2D eigenvalue weighted by Crippen LogP contribution is 2.24. The lowest BCUT2D eigenvalue weighted by molar-refractivity contribution is 0.0697. The molecule has 2 N–H and O–H groups in total.